The average Bonchev–Trinajstić information content (AvgIpc) is 2.42. The van der Waals surface area contributed by atoms with Crippen molar-refractivity contribution in [3.05, 3.63) is 40.1 Å². The van der Waals surface area contributed by atoms with Gasteiger partial charge in [-0.2, -0.15) is 13.2 Å². The number of aromatic nitrogens is 2. The van der Waals surface area contributed by atoms with Crippen molar-refractivity contribution in [3.63, 3.8) is 0 Å². The molecule has 2 rings (SSSR count). The van der Waals surface area contributed by atoms with Crippen LogP contribution < -0.4 is 10.6 Å². The van der Waals surface area contributed by atoms with Gasteiger partial charge in [-0.25, -0.2) is 9.97 Å². The molecule has 0 radical (unpaired) electrons. The molecule has 0 aliphatic heterocycles. The molecule has 4 nitrogen and oxygen atoms in total. The number of nitrogens with zero attached hydrogens (tertiary/aromatic N) is 2. The molecular weight excluding hydrogens is 349 g/mol. The first-order valence-corrected chi connectivity index (χ1v) is 6.75. The smallest absolute Gasteiger partial charge is 0.372 e. The third kappa shape index (κ3) is 3.44. The monoisotopic (exact) mass is 360 g/mol. The Morgan fingerprint density at radius 2 is 1.81 bits per heavy atom. The highest BCUT2D eigenvalue weighted by Gasteiger charge is 2.30. The van der Waals surface area contributed by atoms with Gasteiger partial charge >= 0.3 is 6.18 Å². The molecule has 0 aliphatic rings. The molecule has 2 aromatic rings. The summed E-state index contributed by atoms with van der Waals surface area (Å²) in [6.07, 6.45) is -3.06. The Labute approximate surface area is 127 Å². The zero-order valence-corrected chi connectivity index (χ0v) is 12.8. The van der Waals surface area contributed by atoms with E-state index in [1.54, 1.807) is 14.0 Å². The first kappa shape index (κ1) is 15.6. The number of rotatable bonds is 3. The van der Waals surface area contributed by atoms with Crippen molar-refractivity contribution in [2.45, 2.75) is 13.1 Å². The van der Waals surface area contributed by atoms with Crippen molar-refractivity contribution in [1.29, 1.82) is 0 Å². The predicted molar refractivity (Wildman–Crippen MR) is 78.7 cm³/mol. The number of anilines is 3. The summed E-state index contributed by atoms with van der Waals surface area (Å²) in [7, 11) is 1.69. The quantitative estimate of drug-likeness (QED) is 0.854. The molecule has 1 aromatic heterocycles. The maximum atomic E-state index is 12.8. The zero-order chi connectivity index (χ0) is 15.6. The molecule has 21 heavy (non-hydrogen) atoms. The van der Waals surface area contributed by atoms with E-state index in [4.69, 9.17) is 0 Å². The lowest BCUT2D eigenvalue weighted by atomic mass is 10.1. The van der Waals surface area contributed by atoms with Gasteiger partial charge in [0.1, 0.15) is 22.4 Å². The minimum absolute atomic E-state index is 0.339. The van der Waals surface area contributed by atoms with E-state index in [1.165, 1.54) is 12.4 Å². The van der Waals surface area contributed by atoms with E-state index < -0.39 is 11.7 Å². The van der Waals surface area contributed by atoms with Crippen molar-refractivity contribution in [2.24, 2.45) is 0 Å². The van der Waals surface area contributed by atoms with Crippen LogP contribution in [0.1, 0.15) is 11.1 Å². The molecule has 112 valence electrons. The Bertz CT molecular complexity index is 658. The van der Waals surface area contributed by atoms with Crippen molar-refractivity contribution in [2.75, 3.05) is 17.7 Å². The van der Waals surface area contributed by atoms with Gasteiger partial charge in [0.05, 0.1) is 5.56 Å². The summed E-state index contributed by atoms with van der Waals surface area (Å²) in [6.45, 7) is 1.72. The van der Waals surface area contributed by atoms with E-state index in [0.29, 0.717) is 27.4 Å². The Morgan fingerprint density at radius 3 is 2.43 bits per heavy atom. The summed E-state index contributed by atoms with van der Waals surface area (Å²) in [6, 6.07) is 3.52. The predicted octanol–water partition coefficient (Wildman–Crippen LogP) is 4.35. The van der Waals surface area contributed by atoms with Crippen LogP contribution in [0.15, 0.2) is 29.0 Å². The maximum Gasteiger partial charge on any atom is 0.416 e. The third-order valence-corrected chi connectivity index (χ3v) is 3.60. The Kier molecular flexibility index (Phi) is 4.36. The van der Waals surface area contributed by atoms with E-state index in [1.807, 2.05) is 0 Å². The SMILES string of the molecule is CNc1ncnc(Nc2cc(C(F)(F)F)ccc2C)c1Br. The first-order chi connectivity index (χ1) is 9.82. The van der Waals surface area contributed by atoms with Gasteiger partial charge in [0, 0.05) is 12.7 Å². The summed E-state index contributed by atoms with van der Waals surface area (Å²) in [5, 5.41) is 5.74. The molecule has 0 amide bonds. The van der Waals surface area contributed by atoms with Gasteiger partial charge in [-0.1, -0.05) is 6.07 Å². The Hall–Kier alpha value is -1.83. The number of aryl methyl sites for hydroxylation is 1. The number of nitrogens with one attached hydrogen (secondary N) is 2. The molecule has 0 bridgehead atoms. The summed E-state index contributed by atoms with van der Waals surface area (Å²) < 4.78 is 38.8. The molecule has 0 saturated carbocycles. The molecular formula is C13H12BrF3N4. The standard InChI is InChI=1S/C13H12BrF3N4/c1-7-3-4-8(13(15,16)17)5-9(7)21-12-10(14)11(18-2)19-6-20-12/h3-6H,1-2H3,(H2,18,19,20,21). The van der Waals surface area contributed by atoms with Crippen LogP contribution in [-0.4, -0.2) is 17.0 Å². The van der Waals surface area contributed by atoms with Gasteiger partial charge in [-0.15, -0.1) is 0 Å². The fraction of sp³-hybridized carbons (Fsp3) is 0.231. The van der Waals surface area contributed by atoms with E-state index >= 15 is 0 Å². The topological polar surface area (TPSA) is 49.8 Å². The summed E-state index contributed by atoms with van der Waals surface area (Å²) in [5.41, 5.74) is 0.306. The van der Waals surface area contributed by atoms with Crippen LogP contribution >= 0.6 is 15.9 Å². The molecule has 0 atom stereocenters. The van der Waals surface area contributed by atoms with Gasteiger partial charge in [0.2, 0.25) is 0 Å². The van der Waals surface area contributed by atoms with Crippen molar-refractivity contribution in [3.8, 4) is 0 Å². The molecule has 0 aliphatic carbocycles. The van der Waals surface area contributed by atoms with Gasteiger partial charge in [-0.05, 0) is 40.5 Å². The van der Waals surface area contributed by atoms with Crippen molar-refractivity contribution in [1.82, 2.24) is 9.97 Å². The molecule has 0 saturated heterocycles. The van der Waals surface area contributed by atoms with Crippen LogP contribution in [0.4, 0.5) is 30.5 Å². The number of hydrogen-bond donors (Lipinski definition) is 2. The third-order valence-electron chi connectivity index (χ3n) is 2.84. The second-order valence-electron chi connectivity index (χ2n) is 4.29. The zero-order valence-electron chi connectivity index (χ0n) is 11.2. The fourth-order valence-corrected chi connectivity index (χ4v) is 2.19. The molecule has 0 unspecified atom stereocenters. The fourth-order valence-electron chi connectivity index (χ4n) is 1.69. The lowest BCUT2D eigenvalue weighted by molar-refractivity contribution is -0.137. The normalized spacial score (nSPS) is 11.3. The van der Waals surface area contributed by atoms with Gasteiger partial charge in [0.15, 0.2) is 0 Å². The van der Waals surface area contributed by atoms with Crippen molar-refractivity contribution < 1.29 is 13.2 Å². The van der Waals surface area contributed by atoms with Gasteiger partial charge in [-0.3, -0.25) is 0 Å². The number of hydrogen-bond acceptors (Lipinski definition) is 4. The van der Waals surface area contributed by atoms with Crippen LogP contribution in [0.3, 0.4) is 0 Å². The van der Waals surface area contributed by atoms with E-state index in [2.05, 4.69) is 36.5 Å². The number of benzene rings is 1. The van der Waals surface area contributed by atoms with Crippen LogP contribution in [-0.2, 0) is 6.18 Å². The van der Waals surface area contributed by atoms with Crippen LogP contribution in [0.5, 0.6) is 0 Å². The lowest BCUT2D eigenvalue weighted by Crippen LogP contribution is -2.07. The van der Waals surface area contributed by atoms with Gasteiger partial charge < -0.3 is 10.6 Å². The Morgan fingerprint density at radius 1 is 1.14 bits per heavy atom. The minimum atomic E-state index is -4.39. The highest BCUT2D eigenvalue weighted by atomic mass is 79.9. The van der Waals surface area contributed by atoms with Crippen molar-refractivity contribution >= 4 is 33.3 Å². The largest absolute Gasteiger partial charge is 0.416 e. The Balaban J connectivity index is 2.40. The molecule has 1 aromatic carbocycles. The molecule has 1 heterocycles. The molecule has 0 fully saturated rings. The average molecular weight is 361 g/mol. The van der Waals surface area contributed by atoms with Crippen LogP contribution in [0.2, 0.25) is 0 Å². The summed E-state index contributed by atoms with van der Waals surface area (Å²) in [5.74, 6) is 0.925. The molecule has 8 heteroatoms. The summed E-state index contributed by atoms with van der Waals surface area (Å²) >= 11 is 3.31. The lowest BCUT2D eigenvalue weighted by Gasteiger charge is -2.14. The highest BCUT2D eigenvalue weighted by molar-refractivity contribution is 9.10. The minimum Gasteiger partial charge on any atom is -0.372 e. The molecule has 2 N–H and O–H groups in total. The first-order valence-electron chi connectivity index (χ1n) is 5.96. The highest BCUT2D eigenvalue weighted by Crippen LogP contribution is 2.34. The maximum absolute atomic E-state index is 12.8. The van der Waals surface area contributed by atoms with Crippen LogP contribution in [0.25, 0.3) is 0 Å². The number of halogens is 4. The van der Waals surface area contributed by atoms with Crippen LogP contribution in [0, 0.1) is 6.92 Å². The van der Waals surface area contributed by atoms with E-state index in [0.717, 1.165) is 12.1 Å². The van der Waals surface area contributed by atoms with E-state index in [9.17, 15) is 13.2 Å². The van der Waals surface area contributed by atoms with E-state index in [-0.39, 0.29) is 0 Å². The summed E-state index contributed by atoms with van der Waals surface area (Å²) in [4.78, 5) is 8.01. The number of alkyl halides is 3. The molecule has 0 spiro atoms. The van der Waals surface area contributed by atoms with Gasteiger partial charge in [0.25, 0.3) is 0 Å². The second kappa shape index (κ2) is 5.88. The second-order valence-corrected chi connectivity index (χ2v) is 5.08.